The first-order valence-electron chi connectivity index (χ1n) is 7.51. The minimum atomic E-state index is -0.356. The van der Waals surface area contributed by atoms with Gasteiger partial charge in [0, 0.05) is 0 Å². The summed E-state index contributed by atoms with van der Waals surface area (Å²) in [5.74, 6) is -0.712. The summed E-state index contributed by atoms with van der Waals surface area (Å²) < 4.78 is 9.44. The van der Waals surface area contributed by atoms with Gasteiger partial charge in [-0.3, -0.25) is 4.90 Å². The molecule has 0 heterocycles. The minimum Gasteiger partial charge on any atom is -0.465 e. The molecule has 0 fully saturated rings. The molecule has 0 amide bonds. The topological polar surface area (TPSA) is 55.8 Å². The van der Waals surface area contributed by atoms with Gasteiger partial charge in [-0.1, -0.05) is 24.3 Å². The van der Waals surface area contributed by atoms with E-state index in [-0.39, 0.29) is 18.0 Å². The first kappa shape index (κ1) is 17.7. The van der Waals surface area contributed by atoms with Crippen molar-refractivity contribution in [1.29, 1.82) is 0 Å². The minimum absolute atomic E-state index is 0.00314. The molecule has 24 heavy (non-hydrogen) atoms. The van der Waals surface area contributed by atoms with E-state index in [0.29, 0.717) is 11.1 Å². The lowest BCUT2D eigenvalue weighted by atomic mass is 9.96. The van der Waals surface area contributed by atoms with Crippen molar-refractivity contribution in [3.8, 4) is 0 Å². The van der Waals surface area contributed by atoms with Crippen molar-refractivity contribution < 1.29 is 19.1 Å². The van der Waals surface area contributed by atoms with E-state index in [4.69, 9.17) is 9.47 Å². The molecule has 5 nitrogen and oxygen atoms in total. The van der Waals surface area contributed by atoms with E-state index >= 15 is 0 Å². The Labute approximate surface area is 141 Å². The molecular formula is C19H21NO4. The average Bonchev–Trinajstić information content (AvgIpc) is 2.61. The molecule has 0 unspecified atom stereocenters. The van der Waals surface area contributed by atoms with Crippen molar-refractivity contribution in [2.45, 2.75) is 6.04 Å². The zero-order valence-electron chi connectivity index (χ0n) is 14.3. The van der Waals surface area contributed by atoms with Gasteiger partial charge in [-0.25, -0.2) is 9.59 Å². The quantitative estimate of drug-likeness (QED) is 0.790. The van der Waals surface area contributed by atoms with Crippen molar-refractivity contribution in [3.05, 3.63) is 70.8 Å². The second-order valence-corrected chi connectivity index (χ2v) is 5.59. The Morgan fingerprint density at radius 3 is 1.33 bits per heavy atom. The highest BCUT2D eigenvalue weighted by atomic mass is 16.5. The predicted octanol–water partition coefficient (Wildman–Crippen LogP) is 2.91. The summed E-state index contributed by atoms with van der Waals surface area (Å²) in [7, 11) is 6.68. The Kier molecular flexibility index (Phi) is 5.71. The molecule has 126 valence electrons. The van der Waals surface area contributed by atoms with E-state index in [0.717, 1.165) is 11.1 Å². The van der Waals surface area contributed by atoms with Gasteiger partial charge in [0.1, 0.15) is 0 Å². The van der Waals surface area contributed by atoms with Gasteiger partial charge < -0.3 is 9.47 Å². The van der Waals surface area contributed by atoms with Crippen LogP contribution >= 0.6 is 0 Å². The predicted molar refractivity (Wildman–Crippen MR) is 91.1 cm³/mol. The van der Waals surface area contributed by atoms with Crippen LogP contribution < -0.4 is 0 Å². The molecular weight excluding hydrogens is 306 g/mol. The van der Waals surface area contributed by atoms with Crippen LogP contribution in [-0.2, 0) is 9.47 Å². The lowest BCUT2D eigenvalue weighted by molar-refractivity contribution is 0.0592. The number of benzene rings is 2. The van der Waals surface area contributed by atoms with Crippen molar-refractivity contribution in [3.63, 3.8) is 0 Å². The van der Waals surface area contributed by atoms with Crippen LogP contribution in [0.15, 0.2) is 48.5 Å². The van der Waals surface area contributed by atoms with Gasteiger partial charge in [-0.05, 0) is 49.5 Å². The standard InChI is InChI=1S/C19H21NO4/c1-20(2)17(13-5-9-15(10-6-13)18(21)23-3)14-7-11-16(12-8-14)19(22)24-4/h5-12,17H,1-4H3. The fourth-order valence-corrected chi connectivity index (χ4v) is 2.63. The third-order valence-electron chi connectivity index (χ3n) is 3.81. The normalized spacial score (nSPS) is 10.8. The molecule has 0 radical (unpaired) electrons. The molecule has 0 N–H and O–H groups in total. The molecule has 0 bridgehead atoms. The van der Waals surface area contributed by atoms with Crippen LogP contribution in [0.3, 0.4) is 0 Å². The lowest BCUT2D eigenvalue weighted by Crippen LogP contribution is -2.21. The van der Waals surface area contributed by atoms with Gasteiger partial charge in [0.15, 0.2) is 0 Å². The molecule has 0 aliphatic carbocycles. The van der Waals surface area contributed by atoms with Crippen LogP contribution in [0, 0.1) is 0 Å². The van der Waals surface area contributed by atoms with Gasteiger partial charge in [-0.15, -0.1) is 0 Å². The third kappa shape index (κ3) is 3.81. The summed E-state index contributed by atoms with van der Waals surface area (Å²) in [6, 6.07) is 14.6. The monoisotopic (exact) mass is 327 g/mol. The van der Waals surface area contributed by atoms with Crippen LogP contribution in [0.5, 0.6) is 0 Å². The van der Waals surface area contributed by atoms with E-state index in [9.17, 15) is 9.59 Å². The molecule has 0 saturated heterocycles. The maximum absolute atomic E-state index is 11.6. The second-order valence-electron chi connectivity index (χ2n) is 5.59. The third-order valence-corrected chi connectivity index (χ3v) is 3.81. The van der Waals surface area contributed by atoms with E-state index in [1.54, 1.807) is 24.3 Å². The van der Waals surface area contributed by atoms with Crippen LogP contribution in [0.1, 0.15) is 37.9 Å². The highest BCUT2D eigenvalue weighted by Gasteiger charge is 2.18. The molecule has 2 rings (SSSR count). The molecule has 0 aromatic heterocycles. The van der Waals surface area contributed by atoms with Crippen LogP contribution in [-0.4, -0.2) is 45.2 Å². The first-order chi connectivity index (χ1) is 11.5. The van der Waals surface area contributed by atoms with E-state index in [2.05, 4.69) is 4.90 Å². The molecule has 0 aliphatic rings. The first-order valence-corrected chi connectivity index (χ1v) is 7.51. The maximum Gasteiger partial charge on any atom is 0.337 e. The summed E-state index contributed by atoms with van der Waals surface area (Å²) in [4.78, 5) is 25.2. The van der Waals surface area contributed by atoms with Gasteiger partial charge in [0.05, 0.1) is 31.4 Å². The fourth-order valence-electron chi connectivity index (χ4n) is 2.63. The smallest absolute Gasteiger partial charge is 0.337 e. The molecule has 0 atom stereocenters. The Balaban J connectivity index is 2.32. The molecule has 0 saturated carbocycles. The summed E-state index contributed by atoms with van der Waals surface area (Å²) >= 11 is 0. The summed E-state index contributed by atoms with van der Waals surface area (Å²) in [5.41, 5.74) is 3.11. The number of hydrogen-bond donors (Lipinski definition) is 0. The highest BCUT2D eigenvalue weighted by molar-refractivity contribution is 5.89. The average molecular weight is 327 g/mol. The number of esters is 2. The van der Waals surface area contributed by atoms with Gasteiger partial charge in [0.2, 0.25) is 0 Å². The summed E-state index contributed by atoms with van der Waals surface area (Å²) in [6.07, 6.45) is 0. The number of rotatable bonds is 5. The van der Waals surface area contributed by atoms with Gasteiger partial charge >= 0.3 is 11.9 Å². The molecule has 2 aromatic carbocycles. The van der Waals surface area contributed by atoms with Crippen LogP contribution in [0.4, 0.5) is 0 Å². The van der Waals surface area contributed by atoms with E-state index < -0.39 is 0 Å². The molecule has 5 heteroatoms. The Hall–Kier alpha value is -2.66. The van der Waals surface area contributed by atoms with Crippen LogP contribution in [0.2, 0.25) is 0 Å². The number of nitrogens with zero attached hydrogens (tertiary/aromatic N) is 1. The van der Waals surface area contributed by atoms with Gasteiger partial charge in [-0.2, -0.15) is 0 Å². The lowest BCUT2D eigenvalue weighted by Gasteiger charge is -2.25. The highest BCUT2D eigenvalue weighted by Crippen LogP contribution is 2.27. The molecule has 0 aliphatic heterocycles. The van der Waals surface area contributed by atoms with E-state index in [1.807, 2.05) is 38.4 Å². The number of hydrogen-bond acceptors (Lipinski definition) is 5. The van der Waals surface area contributed by atoms with Crippen molar-refractivity contribution in [2.75, 3.05) is 28.3 Å². The molecule has 2 aromatic rings. The van der Waals surface area contributed by atoms with E-state index in [1.165, 1.54) is 14.2 Å². The largest absolute Gasteiger partial charge is 0.465 e. The SMILES string of the molecule is COC(=O)c1ccc(C(c2ccc(C(=O)OC)cc2)N(C)C)cc1. The summed E-state index contributed by atoms with van der Waals surface area (Å²) in [6.45, 7) is 0. The zero-order valence-corrected chi connectivity index (χ0v) is 14.3. The number of methoxy groups -OCH3 is 2. The second kappa shape index (κ2) is 7.75. The van der Waals surface area contributed by atoms with Crippen molar-refractivity contribution in [2.24, 2.45) is 0 Å². The number of carbonyl (C=O) groups is 2. The maximum atomic E-state index is 11.6. The number of carbonyl (C=O) groups excluding carboxylic acids is 2. The van der Waals surface area contributed by atoms with Gasteiger partial charge in [0.25, 0.3) is 0 Å². The Morgan fingerprint density at radius 2 is 1.08 bits per heavy atom. The fraction of sp³-hybridized carbons (Fsp3) is 0.263. The van der Waals surface area contributed by atoms with Crippen molar-refractivity contribution in [1.82, 2.24) is 4.90 Å². The Bertz CT molecular complexity index is 646. The number of ether oxygens (including phenoxy) is 2. The molecule has 0 spiro atoms. The summed E-state index contributed by atoms with van der Waals surface area (Å²) in [5, 5.41) is 0. The zero-order chi connectivity index (χ0) is 17.7. The Morgan fingerprint density at radius 1 is 0.750 bits per heavy atom. The van der Waals surface area contributed by atoms with Crippen molar-refractivity contribution >= 4 is 11.9 Å². The van der Waals surface area contributed by atoms with Crippen LogP contribution in [0.25, 0.3) is 0 Å².